The van der Waals surface area contributed by atoms with Gasteiger partial charge in [0, 0.05) is 44.8 Å². The minimum atomic E-state index is -0.399. The molecule has 0 saturated heterocycles. The number of nitrogen functional groups attached to an aromatic ring is 1. The third-order valence-corrected chi connectivity index (χ3v) is 5.05. The van der Waals surface area contributed by atoms with Crippen LogP contribution in [0.3, 0.4) is 0 Å². The summed E-state index contributed by atoms with van der Waals surface area (Å²) in [5.74, 6) is 0.415. The van der Waals surface area contributed by atoms with Crippen LogP contribution >= 0.6 is 0 Å². The number of methoxy groups -OCH3 is 1. The van der Waals surface area contributed by atoms with Gasteiger partial charge in [0.15, 0.2) is 0 Å². The van der Waals surface area contributed by atoms with E-state index >= 15 is 0 Å². The van der Waals surface area contributed by atoms with Gasteiger partial charge in [-0.1, -0.05) is 30.3 Å². The van der Waals surface area contributed by atoms with Crippen molar-refractivity contribution in [2.75, 3.05) is 32.5 Å². The molecule has 0 radical (unpaired) electrons. The summed E-state index contributed by atoms with van der Waals surface area (Å²) < 4.78 is 5.11. The molecule has 1 aliphatic heterocycles. The second-order valence-corrected chi connectivity index (χ2v) is 6.86. The molecule has 3 rings (SSSR count). The van der Waals surface area contributed by atoms with Crippen LogP contribution in [0.4, 0.5) is 5.82 Å². The number of amides is 1. The normalized spacial score (nSPS) is 14.4. The number of ether oxygens (including phenoxy) is 1. The van der Waals surface area contributed by atoms with E-state index in [1.807, 2.05) is 35.2 Å². The molecule has 148 valence electrons. The molecule has 4 N–H and O–H groups in total. The Hall–Kier alpha value is -2.77. The van der Waals surface area contributed by atoms with E-state index in [4.69, 9.17) is 15.9 Å². The minimum absolute atomic E-state index is 0.0440. The number of hydrogen-bond donors (Lipinski definition) is 3. The first-order valence-corrected chi connectivity index (χ1v) is 9.48. The molecular formula is C21H27N5O2. The molecule has 0 saturated carbocycles. The number of carbonyl (C=O) groups is 1. The van der Waals surface area contributed by atoms with Gasteiger partial charge < -0.3 is 26.1 Å². The Morgan fingerprint density at radius 2 is 2.21 bits per heavy atom. The smallest absolute Gasteiger partial charge is 0.244 e. The maximum absolute atomic E-state index is 13.3. The largest absolute Gasteiger partial charge is 0.385 e. The first-order valence-electron chi connectivity index (χ1n) is 9.48. The van der Waals surface area contributed by atoms with Gasteiger partial charge in [-0.05, 0) is 36.1 Å². The highest BCUT2D eigenvalue weighted by molar-refractivity contribution is 5.87. The average molecular weight is 381 g/mol. The summed E-state index contributed by atoms with van der Waals surface area (Å²) in [4.78, 5) is 19.4. The van der Waals surface area contributed by atoms with Crippen LogP contribution in [0.15, 0.2) is 36.5 Å². The molecule has 7 nitrogen and oxygen atoms in total. The third-order valence-electron chi connectivity index (χ3n) is 5.05. The Morgan fingerprint density at radius 1 is 1.43 bits per heavy atom. The highest BCUT2D eigenvalue weighted by Crippen LogP contribution is 2.26. The van der Waals surface area contributed by atoms with E-state index in [0.717, 1.165) is 23.1 Å². The lowest BCUT2D eigenvalue weighted by Crippen LogP contribution is -2.44. The summed E-state index contributed by atoms with van der Waals surface area (Å²) in [6.07, 6.45) is 4.48. The zero-order chi connectivity index (χ0) is 19.9. The van der Waals surface area contributed by atoms with Crippen molar-refractivity contribution in [2.24, 2.45) is 0 Å². The molecule has 0 fully saturated rings. The van der Waals surface area contributed by atoms with Crippen LogP contribution in [0.25, 0.3) is 0 Å². The molecule has 1 atom stereocenters. The van der Waals surface area contributed by atoms with E-state index in [9.17, 15) is 4.79 Å². The first-order chi connectivity index (χ1) is 13.7. The van der Waals surface area contributed by atoms with Crippen molar-refractivity contribution in [1.29, 1.82) is 5.41 Å². The SMILES string of the molecule is COCCCNC(C(=O)N1CCc2c(cnc(N)c2C=N)C1)c1ccccc1. The number of benzene rings is 1. The van der Waals surface area contributed by atoms with E-state index < -0.39 is 6.04 Å². The minimum Gasteiger partial charge on any atom is -0.385 e. The summed E-state index contributed by atoms with van der Waals surface area (Å²) in [5.41, 5.74) is 9.49. The Morgan fingerprint density at radius 3 is 2.93 bits per heavy atom. The number of anilines is 1. The van der Waals surface area contributed by atoms with Crippen molar-refractivity contribution in [3.63, 3.8) is 0 Å². The Labute approximate surface area is 165 Å². The van der Waals surface area contributed by atoms with Gasteiger partial charge in [-0.3, -0.25) is 4.79 Å². The molecule has 2 heterocycles. The van der Waals surface area contributed by atoms with E-state index in [1.54, 1.807) is 13.3 Å². The van der Waals surface area contributed by atoms with Gasteiger partial charge in [-0.25, -0.2) is 4.98 Å². The van der Waals surface area contributed by atoms with Gasteiger partial charge in [0.25, 0.3) is 0 Å². The quantitative estimate of drug-likeness (QED) is 0.479. The zero-order valence-electron chi connectivity index (χ0n) is 16.1. The molecule has 0 bridgehead atoms. The lowest BCUT2D eigenvalue weighted by atomic mass is 9.95. The van der Waals surface area contributed by atoms with E-state index in [2.05, 4.69) is 10.3 Å². The van der Waals surface area contributed by atoms with Gasteiger partial charge in [0.1, 0.15) is 11.9 Å². The van der Waals surface area contributed by atoms with Crippen LogP contribution < -0.4 is 11.1 Å². The summed E-state index contributed by atoms with van der Waals surface area (Å²) in [7, 11) is 1.67. The van der Waals surface area contributed by atoms with E-state index in [1.165, 1.54) is 6.21 Å². The van der Waals surface area contributed by atoms with Gasteiger partial charge in [0.05, 0.1) is 0 Å². The number of fused-ring (bicyclic) bond motifs is 1. The predicted octanol–water partition coefficient (Wildman–Crippen LogP) is 1.91. The lowest BCUT2D eigenvalue weighted by molar-refractivity contribution is -0.134. The second kappa shape index (κ2) is 9.43. The van der Waals surface area contributed by atoms with Crippen molar-refractivity contribution in [1.82, 2.24) is 15.2 Å². The Bertz CT molecular complexity index is 825. The number of nitrogens with one attached hydrogen (secondary N) is 2. The van der Waals surface area contributed by atoms with E-state index in [-0.39, 0.29) is 5.91 Å². The van der Waals surface area contributed by atoms with Crippen molar-refractivity contribution in [2.45, 2.75) is 25.4 Å². The first kappa shape index (κ1) is 20.0. The van der Waals surface area contributed by atoms with Crippen LogP contribution in [-0.4, -0.2) is 48.8 Å². The summed E-state index contributed by atoms with van der Waals surface area (Å²) >= 11 is 0. The highest BCUT2D eigenvalue weighted by Gasteiger charge is 2.29. The maximum atomic E-state index is 13.3. The number of pyridine rings is 1. The number of carbonyl (C=O) groups excluding carboxylic acids is 1. The maximum Gasteiger partial charge on any atom is 0.244 e. The van der Waals surface area contributed by atoms with Crippen LogP contribution in [0, 0.1) is 5.41 Å². The fourth-order valence-corrected chi connectivity index (χ4v) is 3.57. The summed E-state index contributed by atoms with van der Waals surface area (Å²) in [6.45, 7) is 2.42. The highest BCUT2D eigenvalue weighted by atomic mass is 16.5. The van der Waals surface area contributed by atoms with Gasteiger partial charge in [0.2, 0.25) is 5.91 Å². The van der Waals surface area contributed by atoms with Gasteiger partial charge >= 0.3 is 0 Å². The van der Waals surface area contributed by atoms with Gasteiger partial charge in [-0.2, -0.15) is 0 Å². The molecule has 0 aliphatic carbocycles. The van der Waals surface area contributed by atoms with Crippen LogP contribution in [0.2, 0.25) is 0 Å². The molecule has 0 spiro atoms. The molecule has 1 amide bonds. The fraction of sp³-hybridized carbons (Fsp3) is 0.381. The van der Waals surface area contributed by atoms with Crippen LogP contribution in [-0.2, 0) is 22.5 Å². The zero-order valence-corrected chi connectivity index (χ0v) is 16.1. The van der Waals surface area contributed by atoms with Crippen LogP contribution in [0.5, 0.6) is 0 Å². The standard InChI is InChI=1S/C21H27N5O2/c1-28-11-5-9-24-19(15-6-3-2-4-7-15)21(27)26-10-8-17-16(14-26)13-25-20(23)18(17)12-22/h2-4,6-7,12-13,19,22,24H,5,8-11,14H2,1H3,(H2,23,25). The second-order valence-electron chi connectivity index (χ2n) is 6.86. The van der Waals surface area contributed by atoms with Crippen molar-refractivity contribution in [3.05, 3.63) is 58.8 Å². The molecule has 1 aromatic carbocycles. The lowest BCUT2D eigenvalue weighted by Gasteiger charge is -2.33. The predicted molar refractivity (Wildman–Crippen MR) is 109 cm³/mol. The fourth-order valence-electron chi connectivity index (χ4n) is 3.57. The topological polar surface area (TPSA) is 104 Å². The molecule has 7 heteroatoms. The molecule has 1 unspecified atom stereocenters. The van der Waals surface area contributed by atoms with Crippen molar-refractivity contribution >= 4 is 17.9 Å². The van der Waals surface area contributed by atoms with Crippen molar-refractivity contribution in [3.8, 4) is 0 Å². The molecule has 1 aromatic heterocycles. The number of hydrogen-bond acceptors (Lipinski definition) is 6. The summed E-state index contributed by atoms with van der Waals surface area (Å²) in [6, 6.07) is 9.38. The Kier molecular flexibility index (Phi) is 6.73. The van der Waals surface area contributed by atoms with Crippen molar-refractivity contribution < 1.29 is 9.53 Å². The molecule has 2 aromatic rings. The van der Waals surface area contributed by atoms with Crippen LogP contribution in [0.1, 0.15) is 34.7 Å². The summed E-state index contributed by atoms with van der Waals surface area (Å²) in [5, 5.41) is 11.0. The molecular weight excluding hydrogens is 354 g/mol. The van der Waals surface area contributed by atoms with E-state index in [0.29, 0.717) is 44.0 Å². The molecule has 28 heavy (non-hydrogen) atoms. The monoisotopic (exact) mass is 381 g/mol. The average Bonchev–Trinajstić information content (AvgIpc) is 2.73. The Balaban J connectivity index is 1.78. The number of nitrogens with zero attached hydrogens (tertiary/aromatic N) is 2. The molecule has 1 aliphatic rings. The number of rotatable bonds is 8. The number of aromatic nitrogens is 1. The van der Waals surface area contributed by atoms with Gasteiger partial charge in [-0.15, -0.1) is 0 Å². The third kappa shape index (κ3) is 4.37. The number of nitrogens with two attached hydrogens (primary N) is 1.